The fourth-order valence-corrected chi connectivity index (χ4v) is 2.96. The minimum Gasteiger partial charge on any atom is -0.385 e. The number of aliphatic hydroxyl groups is 1. The van der Waals surface area contributed by atoms with Crippen molar-refractivity contribution in [1.29, 1.82) is 0 Å². The SMILES string of the molecule is CC=C(NO)[C@@H](NC/C=C/c1ccc(-c2ccccc2)cc1)[C@](C)(O)C(C)F. The van der Waals surface area contributed by atoms with Gasteiger partial charge in [0, 0.05) is 6.54 Å². The molecule has 0 saturated carbocycles. The van der Waals surface area contributed by atoms with Crippen LogP contribution in [0, 0.1) is 0 Å². The summed E-state index contributed by atoms with van der Waals surface area (Å²) in [4.78, 5) is 0. The number of benzene rings is 2. The van der Waals surface area contributed by atoms with Gasteiger partial charge in [0.2, 0.25) is 0 Å². The summed E-state index contributed by atoms with van der Waals surface area (Å²) in [6.07, 6.45) is 3.96. The molecule has 4 N–H and O–H groups in total. The number of alkyl halides is 1. The van der Waals surface area contributed by atoms with Crippen molar-refractivity contribution in [2.45, 2.75) is 38.6 Å². The van der Waals surface area contributed by atoms with E-state index in [1.54, 1.807) is 13.0 Å². The molecule has 28 heavy (non-hydrogen) atoms. The molecule has 0 saturated heterocycles. The molecular weight excluding hydrogens is 355 g/mol. The Labute approximate surface area is 166 Å². The van der Waals surface area contributed by atoms with Crippen LogP contribution < -0.4 is 10.8 Å². The molecule has 0 spiro atoms. The molecule has 1 unspecified atom stereocenters. The van der Waals surface area contributed by atoms with Crippen LogP contribution in [0.15, 0.2) is 72.4 Å². The van der Waals surface area contributed by atoms with Crippen molar-refractivity contribution in [2.24, 2.45) is 0 Å². The first-order valence-corrected chi connectivity index (χ1v) is 9.38. The van der Waals surface area contributed by atoms with E-state index in [1.807, 2.05) is 48.0 Å². The standard InChI is InChI=1S/C23H29FN2O2/c1-4-21(26-28)22(23(3,27)17(2)24)25-16-8-9-18-12-14-20(15-13-18)19-10-6-5-7-11-19/h4-15,17,22,25-28H,16H2,1-3H3/b9-8+,21-4?/t17?,22-,23-/m1/s1. The molecule has 0 aliphatic heterocycles. The van der Waals surface area contributed by atoms with E-state index >= 15 is 0 Å². The topological polar surface area (TPSA) is 64.5 Å². The summed E-state index contributed by atoms with van der Waals surface area (Å²) >= 11 is 0. The van der Waals surface area contributed by atoms with Crippen LogP contribution in [0.5, 0.6) is 0 Å². The molecule has 150 valence electrons. The van der Waals surface area contributed by atoms with Crippen LogP contribution in [-0.4, -0.2) is 34.7 Å². The molecule has 0 aromatic heterocycles. The lowest BCUT2D eigenvalue weighted by molar-refractivity contribution is -0.0380. The number of hydroxylamine groups is 1. The van der Waals surface area contributed by atoms with Crippen LogP contribution in [0.25, 0.3) is 17.2 Å². The van der Waals surface area contributed by atoms with Crippen molar-refractivity contribution in [3.05, 3.63) is 78.0 Å². The third kappa shape index (κ3) is 5.52. The highest BCUT2D eigenvalue weighted by atomic mass is 19.1. The Morgan fingerprint density at radius 3 is 2.25 bits per heavy atom. The smallest absolute Gasteiger partial charge is 0.128 e. The number of hydrogen-bond acceptors (Lipinski definition) is 4. The quantitative estimate of drug-likeness (QED) is 0.486. The fourth-order valence-electron chi connectivity index (χ4n) is 2.96. The van der Waals surface area contributed by atoms with Crippen LogP contribution in [0.1, 0.15) is 26.3 Å². The zero-order chi connectivity index (χ0) is 20.6. The Bertz CT molecular complexity index is 784. The molecule has 0 fully saturated rings. The van der Waals surface area contributed by atoms with Gasteiger partial charge in [-0.15, -0.1) is 0 Å². The summed E-state index contributed by atoms with van der Waals surface area (Å²) < 4.78 is 13.9. The summed E-state index contributed by atoms with van der Waals surface area (Å²) in [5.41, 5.74) is 4.03. The lowest BCUT2D eigenvalue weighted by atomic mass is 9.89. The molecule has 4 nitrogen and oxygen atoms in total. The number of halogens is 1. The van der Waals surface area contributed by atoms with Gasteiger partial charge in [0.25, 0.3) is 0 Å². The van der Waals surface area contributed by atoms with Gasteiger partial charge in [-0.25, -0.2) is 4.39 Å². The molecule has 0 amide bonds. The van der Waals surface area contributed by atoms with Gasteiger partial charge in [-0.05, 0) is 37.5 Å². The summed E-state index contributed by atoms with van der Waals surface area (Å²) in [6.45, 7) is 4.80. The summed E-state index contributed by atoms with van der Waals surface area (Å²) in [6, 6.07) is 17.6. The van der Waals surface area contributed by atoms with Crippen LogP contribution in [0.4, 0.5) is 4.39 Å². The van der Waals surface area contributed by atoms with Crippen molar-refractivity contribution in [3.63, 3.8) is 0 Å². The normalized spacial score (nSPS) is 16.6. The van der Waals surface area contributed by atoms with E-state index in [1.165, 1.54) is 19.4 Å². The molecule has 0 aliphatic rings. The van der Waals surface area contributed by atoms with E-state index in [9.17, 15) is 14.7 Å². The average molecular weight is 384 g/mol. The maximum absolute atomic E-state index is 13.9. The first-order chi connectivity index (χ1) is 13.4. The van der Waals surface area contributed by atoms with Gasteiger partial charge in [-0.2, -0.15) is 0 Å². The van der Waals surface area contributed by atoms with E-state index in [4.69, 9.17) is 0 Å². The Morgan fingerprint density at radius 1 is 1.11 bits per heavy atom. The zero-order valence-electron chi connectivity index (χ0n) is 16.6. The fraction of sp³-hybridized carbons (Fsp3) is 0.304. The minimum absolute atomic E-state index is 0.315. The predicted octanol–water partition coefficient (Wildman–Crippen LogP) is 4.32. The Kier molecular flexibility index (Phi) is 7.93. The Hall–Kier alpha value is -2.47. The van der Waals surface area contributed by atoms with Crippen LogP contribution in [0.3, 0.4) is 0 Å². The molecular formula is C23H29FN2O2. The van der Waals surface area contributed by atoms with Crippen molar-refractivity contribution >= 4 is 6.08 Å². The minimum atomic E-state index is -1.68. The first-order valence-electron chi connectivity index (χ1n) is 9.38. The van der Waals surface area contributed by atoms with E-state index in [2.05, 4.69) is 29.6 Å². The molecule has 5 heteroatoms. The number of hydrogen-bond donors (Lipinski definition) is 4. The molecule has 2 aromatic rings. The number of nitrogens with one attached hydrogen (secondary N) is 2. The average Bonchev–Trinajstić information content (AvgIpc) is 2.71. The van der Waals surface area contributed by atoms with Gasteiger partial charge in [0.15, 0.2) is 0 Å². The molecule has 2 rings (SSSR count). The number of allylic oxidation sites excluding steroid dienone is 1. The molecule has 3 atom stereocenters. The lowest BCUT2D eigenvalue weighted by Crippen LogP contribution is -2.56. The van der Waals surface area contributed by atoms with Crippen molar-refractivity contribution in [3.8, 4) is 11.1 Å². The first kappa shape index (κ1) is 21.8. The molecule has 0 heterocycles. The summed E-state index contributed by atoms with van der Waals surface area (Å²) in [5, 5.41) is 22.9. The van der Waals surface area contributed by atoms with E-state index in [-0.39, 0.29) is 0 Å². The van der Waals surface area contributed by atoms with Crippen molar-refractivity contribution < 1.29 is 14.7 Å². The Morgan fingerprint density at radius 2 is 1.71 bits per heavy atom. The highest BCUT2D eigenvalue weighted by molar-refractivity contribution is 5.65. The van der Waals surface area contributed by atoms with Gasteiger partial charge in [0.1, 0.15) is 11.8 Å². The molecule has 0 bridgehead atoms. The summed E-state index contributed by atoms with van der Waals surface area (Å²) in [5.74, 6) is 0. The third-order valence-electron chi connectivity index (χ3n) is 4.91. The van der Waals surface area contributed by atoms with Gasteiger partial charge >= 0.3 is 0 Å². The second kappa shape index (κ2) is 10.2. The zero-order valence-corrected chi connectivity index (χ0v) is 16.6. The molecule has 0 aliphatic carbocycles. The van der Waals surface area contributed by atoms with Crippen LogP contribution in [0.2, 0.25) is 0 Å². The van der Waals surface area contributed by atoms with E-state index < -0.39 is 17.8 Å². The highest BCUT2D eigenvalue weighted by Gasteiger charge is 2.39. The lowest BCUT2D eigenvalue weighted by Gasteiger charge is -2.35. The predicted molar refractivity (Wildman–Crippen MR) is 113 cm³/mol. The van der Waals surface area contributed by atoms with Crippen LogP contribution >= 0.6 is 0 Å². The largest absolute Gasteiger partial charge is 0.385 e. The van der Waals surface area contributed by atoms with Crippen molar-refractivity contribution in [1.82, 2.24) is 10.8 Å². The second-order valence-electron chi connectivity index (χ2n) is 6.93. The van der Waals surface area contributed by atoms with E-state index in [0.717, 1.165) is 11.1 Å². The number of rotatable bonds is 9. The Balaban J connectivity index is 2.02. The third-order valence-corrected chi connectivity index (χ3v) is 4.91. The van der Waals surface area contributed by atoms with Gasteiger partial charge < -0.3 is 10.4 Å². The molecule has 0 radical (unpaired) electrons. The monoisotopic (exact) mass is 384 g/mol. The maximum Gasteiger partial charge on any atom is 0.128 e. The summed E-state index contributed by atoms with van der Waals surface area (Å²) in [7, 11) is 0. The van der Waals surface area contributed by atoms with Gasteiger partial charge in [0.05, 0.1) is 11.7 Å². The maximum atomic E-state index is 13.9. The van der Waals surface area contributed by atoms with Gasteiger partial charge in [-0.1, -0.05) is 72.8 Å². The highest BCUT2D eigenvalue weighted by Crippen LogP contribution is 2.22. The molecule has 2 aromatic carbocycles. The second-order valence-corrected chi connectivity index (χ2v) is 6.93. The van der Waals surface area contributed by atoms with Gasteiger partial charge in [-0.3, -0.25) is 10.7 Å². The van der Waals surface area contributed by atoms with Crippen molar-refractivity contribution in [2.75, 3.05) is 6.54 Å². The van der Waals surface area contributed by atoms with Crippen LogP contribution in [-0.2, 0) is 0 Å². The van der Waals surface area contributed by atoms with E-state index in [0.29, 0.717) is 12.2 Å².